The van der Waals surface area contributed by atoms with E-state index >= 15 is 0 Å². The van der Waals surface area contributed by atoms with Gasteiger partial charge >= 0.3 is 11.9 Å². The Morgan fingerprint density at radius 2 is 1.07 bits per heavy atom. The van der Waals surface area contributed by atoms with Crippen molar-refractivity contribution in [3.8, 4) is 34.1 Å². The van der Waals surface area contributed by atoms with Crippen molar-refractivity contribution < 1.29 is 28.5 Å². The van der Waals surface area contributed by atoms with Crippen molar-refractivity contribution in [1.29, 1.82) is 0 Å². The minimum atomic E-state index is -0.489. The summed E-state index contributed by atoms with van der Waals surface area (Å²) in [6, 6.07) is 37.1. The quantitative estimate of drug-likeness (QED) is 0.107. The molecular formula is C40H34O6. The largest absolute Gasteiger partial charge is 0.494 e. The highest BCUT2D eigenvalue weighted by atomic mass is 16.5. The number of hydrogen-bond donors (Lipinski definition) is 0. The Kier molecular flexibility index (Phi) is 9.25. The maximum absolute atomic E-state index is 13.4. The Labute approximate surface area is 268 Å². The number of benzene rings is 6. The van der Waals surface area contributed by atoms with E-state index in [1.807, 2.05) is 86.6 Å². The average Bonchev–Trinajstić information content (AvgIpc) is 3.10. The molecule has 6 rings (SSSR count). The summed E-state index contributed by atoms with van der Waals surface area (Å²) in [5, 5.41) is 3.67. The molecule has 0 aromatic heterocycles. The Morgan fingerprint density at radius 1 is 0.522 bits per heavy atom. The molecular weight excluding hydrogens is 576 g/mol. The molecule has 0 saturated heterocycles. The van der Waals surface area contributed by atoms with Crippen LogP contribution in [0.1, 0.15) is 47.4 Å². The molecule has 0 heterocycles. The molecule has 0 aliphatic carbocycles. The van der Waals surface area contributed by atoms with Crippen molar-refractivity contribution in [3.05, 3.63) is 132 Å². The number of hydrogen-bond acceptors (Lipinski definition) is 6. The van der Waals surface area contributed by atoms with Crippen LogP contribution in [0.2, 0.25) is 0 Å². The Morgan fingerprint density at radius 3 is 1.67 bits per heavy atom. The zero-order valence-electron chi connectivity index (χ0n) is 25.8. The van der Waals surface area contributed by atoms with Crippen molar-refractivity contribution in [1.82, 2.24) is 0 Å². The second kappa shape index (κ2) is 14.0. The van der Waals surface area contributed by atoms with E-state index in [1.54, 1.807) is 48.5 Å². The van der Waals surface area contributed by atoms with E-state index in [4.69, 9.17) is 18.9 Å². The molecule has 0 unspecified atom stereocenters. The van der Waals surface area contributed by atoms with Crippen LogP contribution in [0.3, 0.4) is 0 Å². The predicted molar refractivity (Wildman–Crippen MR) is 181 cm³/mol. The molecule has 0 spiro atoms. The van der Waals surface area contributed by atoms with Crippen LogP contribution in [-0.4, -0.2) is 25.2 Å². The number of esters is 2. The van der Waals surface area contributed by atoms with Crippen LogP contribution >= 0.6 is 0 Å². The van der Waals surface area contributed by atoms with Gasteiger partial charge in [-0.2, -0.15) is 0 Å². The molecule has 46 heavy (non-hydrogen) atoms. The maximum Gasteiger partial charge on any atom is 0.343 e. The third-order valence-corrected chi connectivity index (χ3v) is 7.53. The maximum atomic E-state index is 13.4. The van der Waals surface area contributed by atoms with E-state index in [2.05, 4.69) is 0 Å². The minimum absolute atomic E-state index is 0.373. The highest BCUT2D eigenvalue weighted by Crippen LogP contribution is 2.43. The molecule has 230 valence electrons. The van der Waals surface area contributed by atoms with E-state index in [1.165, 1.54) is 0 Å². The van der Waals surface area contributed by atoms with Crippen LogP contribution in [-0.2, 0) is 0 Å². The predicted octanol–water partition coefficient (Wildman–Crippen LogP) is 9.68. The normalized spacial score (nSPS) is 10.9. The van der Waals surface area contributed by atoms with Gasteiger partial charge in [0, 0.05) is 5.56 Å². The van der Waals surface area contributed by atoms with Gasteiger partial charge in [0.15, 0.2) is 0 Å². The van der Waals surface area contributed by atoms with Crippen molar-refractivity contribution in [2.45, 2.75) is 26.7 Å². The van der Waals surface area contributed by atoms with Gasteiger partial charge < -0.3 is 18.9 Å². The van der Waals surface area contributed by atoms with Crippen molar-refractivity contribution in [2.75, 3.05) is 13.2 Å². The fraction of sp³-hybridized carbons (Fsp3) is 0.150. The lowest BCUT2D eigenvalue weighted by molar-refractivity contribution is 0.0726. The molecule has 0 aliphatic rings. The van der Waals surface area contributed by atoms with Gasteiger partial charge in [-0.25, -0.2) is 9.59 Å². The van der Waals surface area contributed by atoms with Crippen molar-refractivity contribution in [3.63, 3.8) is 0 Å². The monoisotopic (exact) mass is 610 g/mol. The van der Waals surface area contributed by atoms with Gasteiger partial charge in [-0.15, -0.1) is 0 Å². The molecule has 0 bridgehead atoms. The van der Waals surface area contributed by atoms with E-state index in [0.717, 1.165) is 45.5 Å². The summed E-state index contributed by atoms with van der Waals surface area (Å²) in [4.78, 5) is 26.7. The number of carbonyl (C=O) groups is 2. The molecule has 6 aromatic rings. The molecule has 0 aliphatic heterocycles. The van der Waals surface area contributed by atoms with Gasteiger partial charge in [-0.3, -0.25) is 0 Å². The third kappa shape index (κ3) is 6.71. The molecule has 6 aromatic carbocycles. The summed E-state index contributed by atoms with van der Waals surface area (Å²) < 4.78 is 23.3. The lowest BCUT2D eigenvalue weighted by Gasteiger charge is -2.17. The smallest absolute Gasteiger partial charge is 0.343 e. The van der Waals surface area contributed by atoms with E-state index in [9.17, 15) is 9.59 Å². The lowest BCUT2D eigenvalue weighted by Crippen LogP contribution is -2.10. The lowest BCUT2D eigenvalue weighted by atomic mass is 9.92. The zero-order valence-corrected chi connectivity index (χ0v) is 25.8. The Balaban J connectivity index is 1.39. The molecule has 0 atom stereocenters. The van der Waals surface area contributed by atoms with Gasteiger partial charge in [0.05, 0.1) is 24.3 Å². The summed E-state index contributed by atoms with van der Waals surface area (Å²) in [5.41, 5.74) is 2.30. The van der Waals surface area contributed by atoms with Gasteiger partial charge in [0.2, 0.25) is 0 Å². The summed E-state index contributed by atoms with van der Waals surface area (Å²) in [5.74, 6) is 1.19. The summed E-state index contributed by atoms with van der Waals surface area (Å²) in [7, 11) is 0. The minimum Gasteiger partial charge on any atom is -0.494 e. The summed E-state index contributed by atoms with van der Waals surface area (Å²) in [6.07, 6.45) is 1.79. The first-order valence-electron chi connectivity index (χ1n) is 15.5. The third-order valence-electron chi connectivity index (χ3n) is 7.53. The Hall–Kier alpha value is -5.62. The van der Waals surface area contributed by atoms with Gasteiger partial charge in [-0.1, -0.05) is 68.4 Å². The first kappa shape index (κ1) is 30.4. The van der Waals surface area contributed by atoms with Crippen LogP contribution in [0.5, 0.6) is 23.0 Å². The topological polar surface area (TPSA) is 71.1 Å². The number of ether oxygens (including phenoxy) is 4. The van der Waals surface area contributed by atoms with Crippen molar-refractivity contribution in [2.24, 2.45) is 0 Å². The zero-order chi connectivity index (χ0) is 31.9. The highest BCUT2D eigenvalue weighted by Gasteiger charge is 2.20. The van der Waals surface area contributed by atoms with E-state index in [0.29, 0.717) is 47.3 Å². The first-order chi connectivity index (χ1) is 22.5. The molecule has 6 heteroatoms. The van der Waals surface area contributed by atoms with Crippen LogP contribution < -0.4 is 18.9 Å². The fourth-order valence-electron chi connectivity index (χ4n) is 5.30. The summed E-state index contributed by atoms with van der Waals surface area (Å²) in [6.45, 7) is 5.29. The SMILES string of the molecule is CCCOc1ccc(C(=O)Oc2cc(-c3c(OC(=O)c4ccc(OCCC)cc4)ccc4ccccc34)c3ccccc3c2)cc1. The number of fused-ring (bicyclic) bond motifs is 2. The average molecular weight is 611 g/mol. The molecule has 0 fully saturated rings. The van der Waals surface area contributed by atoms with Crippen LogP contribution in [0, 0.1) is 0 Å². The van der Waals surface area contributed by atoms with E-state index < -0.39 is 11.9 Å². The molecule has 0 radical (unpaired) electrons. The van der Waals surface area contributed by atoms with Gasteiger partial charge in [0.1, 0.15) is 23.0 Å². The first-order valence-corrected chi connectivity index (χ1v) is 15.5. The standard InChI is InChI=1S/C40H34O6/c1-3-23-43-31-18-13-28(14-19-31)39(41)45-33-25-30-10-6-7-11-34(30)36(26-33)38-35-12-8-5-9-27(35)17-22-37(38)46-40(42)29-15-20-32(21-16-29)44-24-4-2/h5-22,25-26H,3-4,23-24H2,1-2H3. The van der Waals surface area contributed by atoms with Crippen LogP contribution in [0.25, 0.3) is 32.7 Å². The fourth-order valence-corrected chi connectivity index (χ4v) is 5.30. The molecule has 0 saturated carbocycles. The number of carbonyl (C=O) groups excluding carboxylic acids is 2. The highest BCUT2D eigenvalue weighted by molar-refractivity contribution is 6.09. The summed E-state index contributed by atoms with van der Waals surface area (Å²) >= 11 is 0. The molecule has 0 amide bonds. The van der Waals surface area contributed by atoms with Crippen LogP contribution in [0.15, 0.2) is 121 Å². The van der Waals surface area contributed by atoms with E-state index in [-0.39, 0.29) is 0 Å². The second-order valence-corrected chi connectivity index (χ2v) is 10.9. The number of rotatable bonds is 11. The van der Waals surface area contributed by atoms with Gasteiger partial charge in [-0.05, 0) is 107 Å². The Bertz CT molecular complexity index is 1990. The van der Waals surface area contributed by atoms with Gasteiger partial charge in [0.25, 0.3) is 0 Å². The molecule has 0 N–H and O–H groups in total. The molecule has 6 nitrogen and oxygen atoms in total. The van der Waals surface area contributed by atoms with Crippen molar-refractivity contribution >= 4 is 33.5 Å². The van der Waals surface area contributed by atoms with Crippen LogP contribution in [0.4, 0.5) is 0 Å². The second-order valence-electron chi connectivity index (χ2n) is 10.9.